The van der Waals surface area contributed by atoms with Crippen molar-refractivity contribution in [3.63, 3.8) is 0 Å². The summed E-state index contributed by atoms with van der Waals surface area (Å²) in [7, 11) is 3.54. The fourth-order valence-electron chi connectivity index (χ4n) is 8.58. The number of amides is 5. The van der Waals surface area contributed by atoms with E-state index in [1.54, 1.807) is 21.1 Å². The number of rotatable bonds is 7. The van der Waals surface area contributed by atoms with Crippen molar-refractivity contribution in [2.24, 2.45) is 0 Å². The predicted octanol–water partition coefficient (Wildman–Crippen LogP) is 4.97. The van der Waals surface area contributed by atoms with Gasteiger partial charge in [-0.25, -0.2) is 9.59 Å². The van der Waals surface area contributed by atoms with Crippen LogP contribution >= 0.6 is 22.9 Å². The maximum Gasteiger partial charge on any atom is 0.418 e. The number of hydrogen-bond donors (Lipinski definition) is 3. The lowest BCUT2D eigenvalue weighted by molar-refractivity contribution is -0.137. The van der Waals surface area contributed by atoms with Crippen molar-refractivity contribution in [3.05, 3.63) is 44.6 Å². The van der Waals surface area contributed by atoms with Crippen molar-refractivity contribution in [3.8, 4) is 0 Å². The molecule has 1 aromatic carbocycles. The molecule has 4 saturated heterocycles. The van der Waals surface area contributed by atoms with Crippen molar-refractivity contribution < 1.29 is 27.6 Å². The van der Waals surface area contributed by atoms with Crippen molar-refractivity contribution in [1.82, 2.24) is 29.8 Å². The van der Waals surface area contributed by atoms with E-state index in [9.17, 15) is 27.6 Å². The first kappa shape index (κ1) is 35.1. The van der Waals surface area contributed by atoms with Gasteiger partial charge in [0.25, 0.3) is 0 Å². The van der Waals surface area contributed by atoms with Gasteiger partial charge in [0, 0.05) is 81.8 Å². The number of halogens is 4. The van der Waals surface area contributed by atoms with E-state index >= 15 is 0 Å². The minimum atomic E-state index is -4.67. The summed E-state index contributed by atoms with van der Waals surface area (Å²) in [6, 6.07) is 4.09. The lowest BCUT2D eigenvalue weighted by Gasteiger charge is -2.43. The van der Waals surface area contributed by atoms with Crippen LogP contribution in [0.4, 0.5) is 34.1 Å². The SMILES string of the molecule is CNc1c(Cl)cc(C[C@@H](NC(=O)N2CCC(N3Cc4sccc4NC3=O)CC2)C(=O)N2CCC(N3CC4CC3CN4C)CC2)cc1C(F)(F)F. The number of nitrogens with one attached hydrogen (secondary N) is 3. The highest BCUT2D eigenvalue weighted by molar-refractivity contribution is 7.10. The van der Waals surface area contributed by atoms with Crippen LogP contribution in [0.15, 0.2) is 23.6 Å². The molecule has 1 aromatic heterocycles. The third kappa shape index (κ3) is 6.98. The number of thiophene rings is 1. The first-order valence-electron chi connectivity index (χ1n) is 17.4. The van der Waals surface area contributed by atoms with Gasteiger partial charge < -0.3 is 35.6 Å². The average Bonchev–Trinajstić information content (AvgIpc) is 3.82. The van der Waals surface area contributed by atoms with Crippen molar-refractivity contribution >= 4 is 52.3 Å². The molecular weight excluding hydrogens is 693 g/mol. The van der Waals surface area contributed by atoms with E-state index in [2.05, 4.69) is 32.8 Å². The van der Waals surface area contributed by atoms with Gasteiger partial charge in [-0.05, 0) is 68.3 Å². The zero-order chi connectivity index (χ0) is 35.3. The molecule has 2 aromatic rings. The summed E-state index contributed by atoms with van der Waals surface area (Å²) < 4.78 is 42.1. The van der Waals surface area contributed by atoms with E-state index in [-0.39, 0.29) is 40.7 Å². The Morgan fingerprint density at radius 3 is 2.36 bits per heavy atom. The Kier molecular flexibility index (Phi) is 9.87. The van der Waals surface area contributed by atoms with Crippen molar-refractivity contribution in [2.45, 2.75) is 81.5 Å². The molecule has 0 aliphatic carbocycles. The molecule has 2 unspecified atom stereocenters. The first-order valence-corrected chi connectivity index (χ1v) is 18.7. The maximum absolute atomic E-state index is 14.1. The van der Waals surface area contributed by atoms with E-state index in [1.807, 2.05) is 16.3 Å². The normalized spacial score (nSPS) is 24.4. The van der Waals surface area contributed by atoms with Crippen LogP contribution in [0.5, 0.6) is 0 Å². The molecule has 11 nitrogen and oxygen atoms in total. The van der Waals surface area contributed by atoms with Gasteiger partial charge in [-0.15, -0.1) is 11.3 Å². The van der Waals surface area contributed by atoms with E-state index in [0.29, 0.717) is 63.7 Å². The molecule has 4 fully saturated rings. The number of anilines is 2. The summed E-state index contributed by atoms with van der Waals surface area (Å²) in [5, 5.41) is 10.2. The summed E-state index contributed by atoms with van der Waals surface area (Å²) in [6.07, 6.45) is -0.887. The third-order valence-electron chi connectivity index (χ3n) is 11.3. The van der Waals surface area contributed by atoms with Crippen LogP contribution in [0.3, 0.4) is 0 Å². The van der Waals surface area contributed by atoms with Crippen LogP contribution in [0.1, 0.15) is 48.1 Å². The number of hydrogen-bond acceptors (Lipinski definition) is 7. The van der Waals surface area contributed by atoms with Gasteiger partial charge in [0.05, 0.1) is 28.5 Å². The average molecular weight is 737 g/mol. The number of likely N-dealkylation sites (tertiary alicyclic amines) is 4. The second-order valence-corrected chi connectivity index (χ2v) is 15.6. The number of nitrogens with zero attached hydrogens (tertiary/aromatic N) is 5. The van der Waals surface area contributed by atoms with Gasteiger partial charge in [-0.2, -0.15) is 13.2 Å². The van der Waals surface area contributed by atoms with Crippen LogP contribution in [0.25, 0.3) is 0 Å². The summed E-state index contributed by atoms with van der Waals surface area (Å²) in [5.74, 6) is -0.312. The number of piperazine rings is 1. The molecule has 5 aliphatic heterocycles. The molecule has 16 heteroatoms. The molecule has 50 heavy (non-hydrogen) atoms. The maximum atomic E-state index is 14.1. The molecule has 7 rings (SSSR count). The third-order valence-corrected chi connectivity index (χ3v) is 12.5. The van der Waals surface area contributed by atoms with Gasteiger partial charge >= 0.3 is 18.2 Å². The second-order valence-electron chi connectivity index (χ2n) is 14.2. The lowest BCUT2D eigenvalue weighted by Crippen LogP contribution is -2.58. The Morgan fingerprint density at radius 1 is 1.02 bits per heavy atom. The highest BCUT2D eigenvalue weighted by Gasteiger charge is 2.45. The molecule has 5 amide bonds. The zero-order valence-corrected chi connectivity index (χ0v) is 29.8. The summed E-state index contributed by atoms with van der Waals surface area (Å²) >= 11 is 7.90. The molecule has 2 bridgehead atoms. The Hall–Kier alpha value is -3.27. The number of carbonyl (C=O) groups excluding carboxylic acids is 3. The van der Waals surface area contributed by atoms with Crippen LogP contribution < -0.4 is 16.0 Å². The Morgan fingerprint density at radius 2 is 1.72 bits per heavy atom. The molecule has 0 saturated carbocycles. The molecule has 272 valence electrons. The zero-order valence-electron chi connectivity index (χ0n) is 28.3. The Balaban J connectivity index is 1.03. The summed E-state index contributed by atoms with van der Waals surface area (Å²) in [5.41, 5.74) is -0.118. The van der Waals surface area contributed by atoms with Gasteiger partial charge in [0.15, 0.2) is 0 Å². The number of piperidine rings is 2. The highest BCUT2D eigenvalue weighted by Crippen LogP contribution is 2.40. The Labute approximate surface area is 299 Å². The van der Waals surface area contributed by atoms with Crippen molar-refractivity contribution in [1.29, 1.82) is 0 Å². The fraction of sp³-hybridized carbons (Fsp3) is 0.618. The largest absolute Gasteiger partial charge is 0.418 e. The summed E-state index contributed by atoms with van der Waals surface area (Å²) in [4.78, 5) is 51.9. The van der Waals surface area contributed by atoms with Crippen LogP contribution in [0.2, 0.25) is 5.02 Å². The Bertz CT molecular complexity index is 1610. The van der Waals surface area contributed by atoms with Crippen LogP contribution in [0, 0.1) is 0 Å². The number of benzene rings is 1. The van der Waals surface area contributed by atoms with E-state index in [0.717, 1.165) is 42.6 Å². The number of urea groups is 2. The van der Waals surface area contributed by atoms with Crippen LogP contribution in [-0.2, 0) is 23.9 Å². The number of fused-ring (bicyclic) bond motifs is 3. The second kappa shape index (κ2) is 14.0. The van der Waals surface area contributed by atoms with Gasteiger partial charge in [-0.3, -0.25) is 9.69 Å². The fourth-order valence-corrected chi connectivity index (χ4v) is 9.74. The van der Waals surface area contributed by atoms with Gasteiger partial charge in [0.1, 0.15) is 6.04 Å². The molecular formula is C34H44ClF3N8O3S. The topological polar surface area (TPSA) is 103 Å². The molecule has 3 atom stereocenters. The van der Waals surface area contributed by atoms with Gasteiger partial charge in [0.2, 0.25) is 5.91 Å². The lowest BCUT2D eigenvalue weighted by atomic mass is 9.98. The smallest absolute Gasteiger partial charge is 0.386 e. The van der Waals surface area contributed by atoms with E-state index in [4.69, 9.17) is 11.6 Å². The minimum absolute atomic E-state index is 0.0483. The predicted molar refractivity (Wildman–Crippen MR) is 187 cm³/mol. The quantitative estimate of drug-likeness (QED) is 0.371. The number of alkyl halides is 3. The van der Waals surface area contributed by atoms with Crippen molar-refractivity contribution in [2.75, 3.05) is 64.0 Å². The monoisotopic (exact) mass is 736 g/mol. The molecule has 3 N–H and O–H groups in total. The molecule has 6 heterocycles. The molecule has 0 spiro atoms. The highest BCUT2D eigenvalue weighted by atomic mass is 35.5. The summed E-state index contributed by atoms with van der Waals surface area (Å²) in [6.45, 7) is 4.40. The first-order chi connectivity index (χ1) is 23.9. The van der Waals surface area contributed by atoms with Gasteiger partial charge in [-0.1, -0.05) is 11.6 Å². The van der Waals surface area contributed by atoms with Crippen LogP contribution in [-0.4, -0.2) is 126 Å². The minimum Gasteiger partial charge on any atom is -0.386 e. The standard InChI is InChI=1S/C34H44ClF3N8O3S/c1-39-30-25(34(36,37)38)13-20(14-26(30)35)15-28(31(47)43-8-3-21(4-9-43)45-18-23-16-24(45)17-42(23)2)41-32(48)44-10-5-22(6-11-44)46-19-29-27(7-12-50-29)40-33(46)49/h7,12-14,21-24,28,39H,3-6,8-11,15-19H2,1-2H3,(H,40,49)(H,41,48)/t23?,24?,28-/m1/s1. The molecule has 0 radical (unpaired) electrons. The van der Waals surface area contributed by atoms with E-state index in [1.165, 1.54) is 19.5 Å². The van der Waals surface area contributed by atoms with E-state index < -0.39 is 23.8 Å². The molecule has 5 aliphatic rings. The number of carbonyl (C=O) groups is 3. The number of likely N-dealkylation sites (N-methyl/N-ethyl adjacent to an activating group) is 1.